The summed E-state index contributed by atoms with van der Waals surface area (Å²) in [5.41, 5.74) is 5.05. The third-order valence-electron chi connectivity index (χ3n) is 4.81. The zero-order valence-corrected chi connectivity index (χ0v) is 16.1. The molecule has 0 radical (unpaired) electrons. The van der Waals surface area contributed by atoms with Crippen molar-refractivity contribution in [2.24, 2.45) is 0 Å². The molecule has 1 aromatic heterocycles. The summed E-state index contributed by atoms with van der Waals surface area (Å²) in [4.78, 5) is 15.3. The van der Waals surface area contributed by atoms with E-state index in [-0.39, 0.29) is 5.69 Å². The van der Waals surface area contributed by atoms with E-state index in [1.54, 1.807) is 12.1 Å². The Balaban J connectivity index is 1.62. The number of oxazole rings is 1. The lowest BCUT2D eigenvalue weighted by molar-refractivity contribution is -0.384. The van der Waals surface area contributed by atoms with Crippen molar-refractivity contribution in [1.29, 1.82) is 0 Å². The molecular formula is C23H21N3O3. The second-order valence-electron chi connectivity index (χ2n) is 6.90. The molecule has 6 heteroatoms. The summed E-state index contributed by atoms with van der Waals surface area (Å²) in [5.74, 6) is 0. The fourth-order valence-corrected chi connectivity index (χ4v) is 3.28. The normalized spacial score (nSPS) is 10.9. The maximum absolute atomic E-state index is 11.1. The Morgan fingerprint density at radius 2 is 1.86 bits per heavy atom. The van der Waals surface area contributed by atoms with Crippen LogP contribution in [0.3, 0.4) is 0 Å². The number of nitro groups is 1. The van der Waals surface area contributed by atoms with Crippen LogP contribution in [-0.2, 0) is 6.42 Å². The van der Waals surface area contributed by atoms with Crippen LogP contribution in [0, 0.1) is 10.1 Å². The number of anilines is 2. The number of rotatable bonds is 7. The van der Waals surface area contributed by atoms with E-state index in [1.165, 1.54) is 24.5 Å². The van der Waals surface area contributed by atoms with Gasteiger partial charge in [-0.1, -0.05) is 49.7 Å². The van der Waals surface area contributed by atoms with Crippen LogP contribution < -0.4 is 5.32 Å². The van der Waals surface area contributed by atoms with E-state index in [1.807, 2.05) is 36.4 Å². The Morgan fingerprint density at radius 1 is 1.07 bits per heavy atom. The van der Waals surface area contributed by atoms with E-state index in [4.69, 9.17) is 4.42 Å². The summed E-state index contributed by atoms with van der Waals surface area (Å²) >= 11 is 0. The summed E-state index contributed by atoms with van der Waals surface area (Å²) in [6.45, 7) is 2.19. The molecule has 0 saturated heterocycles. The zero-order valence-electron chi connectivity index (χ0n) is 16.1. The maximum Gasteiger partial charge on any atom is 0.300 e. The number of hydrogen-bond acceptors (Lipinski definition) is 5. The molecule has 0 fully saturated rings. The zero-order chi connectivity index (χ0) is 20.2. The molecule has 29 heavy (non-hydrogen) atoms. The van der Waals surface area contributed by atoms with Gasteiger partial charge in [0.05, 0.1) is 4.92 Å². The van der Waals surface area contributed by atoms with Gasteiger partial charge in [0.2, 0.25) is 0 Å². The molecule has 0 aliphatic carbocycles. The minimum absolute atomic E-state index is 0.0458. The molecule has 0 saturated carbocycles. The van der Waals surface area contributed by atoms with Gasteiger partial charge in [-0.25, -0.2) is 0 Å². The van der Waals surface area contributed by atoms with Crippen molar-refractivity contribution < 1.29 is 9.34 Å². The number of aromatic nitrogens is 1. The van der Waals surface area contributed by atoms with Crippen molar-refractivity contribution in [3.8, 4) is 11.1 Å². The molecule has 0 aliphatic heterocycles. The van der Waals surface area contributed by atoms with E-state index < -0.39 is 4.92 Å². The number of para-hydroxylation sites is 1. The average molecular weight is 387 g/mol. The minimum atomic E-state index is -0.399. The van der Waals surface area contributed by atoms with Crippen LogP contribution in [0.15, 0.2) is 71.1 Å². The van der Waals surface area contributed by atoms with Gasteiger partial charge in [-0.15, -0.1) is 0 Å². The molecule has 0 spiro atoms. The summed E-state index contributed by atoms with van der Waals surface area (Å²) in [6, 6.07) is 20.7. The van der Waals surface area contributed by atoms with Crippen LogP contribution >= 0.6 is 0 Å². The first-order chi connectivity index (χ1) is 14.1. The van der Waals surface area contributed by atoms with Crippen molar-refractivity contribution >= 4 is 28.5 Å². The largest absolute Gasteiger partial charge is 0.423 e. The monoisotopic (exact) mass is 387 g/mol. The summed E-state index contributed by atoms with van der Waals surface area (Å²) < 4.78 is 5.85. The third kappa shape index (κ3) is 4.11. The van der Waals surface area contributed by atoms with Gasteiger partial charge < -0.3 is 9.73 Å². The standard InChI is InChI=1S/C23H21N3O3/c1-2-3-6-16-11-13-18(14-12-16)24-23-25-22-20(9-5-10-21(22)29-23)17-7-4-8-19(15-17)26(27)28/h4-5,7-15H,2-3,6H2,1H3,(H,24,25). The molecule has 0 amide bonds. The van der Waals surface area contributed by atoms with Crippen molar-refractivity contribution in [1.82, 2.24) is 4.98 Å². The van der Waals surface area contributed by atoms with E-state index in [0.717, 1.165) is 23.2 Å². The van der Waals surface area contributed by atoms with Gasteiger partial charge in [-0.05, 0) is 42.2 Å². The highest BCUT2D eigenvalue weighted by Crippen LogP contribution is 2.32. The lowest BCUT2D eigenvalue weighted by Gasteiger charge is -2.04. The molecule has 6 nitrogen and oxygen atoms in total. The average Bonchev–Trinajstić information content (AvgIpc) is 3.15. The second kappa shape index (κ2) is 8.14. The van der Waals surface area contributed by atoms with E-state index in [2.05, 4.69) is 29.4 Å². The van der Waals surface area contributed by atoms with Crippen LogP contribution in [0.2, 0.25) is 0 Å². The number of fused-ring (bicyclic) bond motifs is 1. The van der Waals surface area contributed by atoms with Crippen molar-refractivity contribution in [2.75, 3.05) is 5.32 Å². The number of non-ortho nitro benzene ring substituents is 1. The van der Waals surface area contributed by atoms with E-state index in [9.17, 15) is 10.1 Å². The highest BCUT2D eigenvalue weighted by Gasteiger charge is 2.14. The first-order valence-corrected chi connectivity index (χ1v) is 9.64. The number of unbranched alkanes of at least 4 members (excludes halogenated alkanes) is 1. The molecular weight excluding hydrogens is 366 g/mol. The summed E-state index contributed by atoms with van der Waals surface area (Å²) in [7, 11) is 0. The predicted molar refractivity (Wildman–Crippen MR) is 114 cm³/mol. The lowest BCUT2D eigenvalue weighted by Crippen LogP contribution is -1.91. The molecule has 146 valence electrons. The molecule has 1 N–H and O–H groups in total. The van der Waals surface area contributed by atoms with Gasteiger partial charge in [0.15, 0.2) is 5.58 Å². The number of nitro benzene ring substituents is 1. The maximum atomic E-state index is 11.1. The second-order valence-corrected chi connectivity index (χ2v) is 6.90. The molecule has 0 aliphatic rings. The number of nitrogens with zero attached hydrogens (tertiary/aromatic N) is 2. The van der Waals surface area contributed by atoms with Gasteiger partial charge in [-0.3, -0.25) is 10.1 Å². The topological polar surface area (TPSA) is 81.2 Å². The van der Waals surface area contributed by atoms with Crippen LogP contribution in [0.1, 0.15) is 25.3 Å². The van der Waals surface area contributed by atoms with Crippen LogP contribution in [-0.4, -0.2) is 9.91 Å². The van der Waals surface area contributed by atoms with E-state index in [0.29, 0.717) is 17.1 Å². The SMILES string of the molecule is CCCCc1ccc(Nc2nc3c(-c4cccc([N+](=O)[O-])c4)cccc3o2)cc1. The Bertz CT molecular complexity index is 1150. The number of hydrogen-bond donors (Lipinski definition) is 1. The Hall–Kier alpha value is -3.67. The number of nitrogens with one attached hydrogen (secondary N) is 1. The Kier molecular flexibility index (Phi) is 5.24. The van der Waals surface area contributed by atoms with Crippen LogP contribution in [0.4, 0.5) is 17.4 Å². The first-order valence-electron chi connectivity index (χ1n) is 9.64. The first kappa shape index (κ1) is 18.7. The van der Waals surface area contributed by atoms with Crippen molar-refractivity contribution in [2.45, 2.75) is 26.2 Å². The van der Waals surface area contributed by atoms with Gasteiger partial charge in [0.1, 0.15) is 5.52 Å². The van der Waals surface area contributed by atoms with Crippen LogP contribution in [0.25, 0.3) is 22.2 Å². The van der Waals surface area contributed by atoms with Gasteiger partial charge in [0, 0.05) is 23.4 Å². The highest BCUT2D eigenvalue weighted by molar-refractivity contribution is 5.92. The highest BCUT2D eigenvalue weighted by atomic mass is 16.6. The van der Waals surface area contributed by atoms with E-state index >= 15 is 0 Å². The third-order valence-corrected chi connectivity index (χ3v) is 4.81. The van der Waals surface area contributed by atoms with Gasteiger partial charge in [-0.2, -0.15) is 4.98 Å². The lowest BCUT2D eigenvalue weighted by atomic mass is 10.0. The van der Waals surface area contributed by atoms with Gasteiger partial charge >= 0.3 is 0 Å². The number of benzene rings is 3. The van der Waals surface area contributed by atoms with Crippen LogP contribution in [0.5, 0.6) is 0 Å². The molecule has 0 bridgehead atoms. The molecule has 4 aromatic rings. The molecule has 4 rings (SSSR count). The summed E-state index contributed by atoms with van der Waals surface area (Å²) in [5, 5.41) is 14.3. The Labute approximate surface area is 168 Å². The molecule has 0 unspecified atom stereocenters. The minimum Gasteiger partial charge on any atom is -0.423 e. The van der Waals surface area contributed by atoms with Gasteiger partial charge in [0.25, 0.3) is 11.7 Å². The Morgan fingerprint density at radius 3 is 2.62 bits per heavy atom. The fourth-order valence-electron chi connectivity index (χ4n) is 3.28. The number of aryl methyl sites for hydroxylation is 1. The quantitative estimate of drug-likeness (QED) is 0.289. The summed E-state index contributed by atoms with van der Waals surface area (Å²) in [6.07, 6.45) is 3.43. The molecule has 0 atom stereocenters. The fraction of sp³-hybridized carbons (Fsp3) is 0.174. The van der Waals surface area contributed by atoms with Crippen molar-refractivity contribution in [3.05, 3.63) is 82.4 Å². The smallest absolute Gasteiger partial charge is 0.300 e. The van der Waals surface area contributed by atoms with Crippen molar-refractivity contribution in [3.63, 3.8) is 0 Å². The predicted octanol–water partition coefficient (Wildman–Crippen LogP) is 6.49. The molecule has 1 heterocycles. The molecule has 3 aromatic carbocycles.